The first-order valence-corrected chi connectivity index (χ1v) is 9.78. The number of esters is 1. The van der Waals surface area contributed by atoms with Crippen LogP contribution in [0.5, 0.6) is 0 Å². The number of hydrogen-bond acceptors (Lipinski definition) is 3. The zero-order valence-corrected chi connectivity index (χ0v) is 16.0. The number of methoxy groups -OCH3 is 1. The zero-order chi connectivity index (χ0) is 19.5. The highest BCUT2D eigenvalue weighted by molar-refractivity contribution is 5.82. The molecule has 4 atom stereocenters. The van der Waals surface area contributed by atoms with Crippen LogP contribution in [0, 0.1) is 23.7 Å². The molecule has 2 aliphatic rings. The van der Waals surface area contributed by atoms with Crippen LogP contribution in [-0.4, -0.2) is 24.2 Å². The highest BCUT2D eigenvalue weighted by Gasteiger charge is 2.36. The van der Waals surface area contributed by atoms with E-state index in [-0.39, 0.29) is 12.4 Å². The Morgan fingerprint density at radius 1 is 1.11 bits per heavy atom. The number of ether oxygens (including phenoxy) is 1. The number of rotatable bonds is 9. The molecule has 0 unspecified atom stereocenters. The van der Waals surface area contributed by atoms with Crippen LogP contribution in [0.3, 0.4) is 0 Å². The first kappa shape index (κ1) is 20.9. The largest absolute Gasteiger partial charge is 0.481 e. The molecule has 4 heteroatoms. The Balaban J connectivity index is 1.96. The number of carbonyl (C=O) groups is 2. The van der Waals surface area contributed by atoms with E-state index < -0.39 is 5.97 Å². The highest BCUT2D eigenvalue weighted by atomic mass is 16.5. The van der Waals surface area contributed by atoms with E-state index in [1.54, 1.807) is 6.08 Å². The molecule has 1 saturated carbocycles. The smallest absolute Gasteiger partial charge is 0.330 e. The number of unbranched alkanes of at least 4 members (excludes halogenated alkanes) is 1. The second-order valence-electron chi connectivity index (χ2n) is 7.16. The highest BCUT2D eigenvalue weighted by Crippen LogP contribution is 2.45. The second-order valence-corrected chi connectivity index (χ2v) is 7.16. The average molecular weight is 370 g/mol. The van der Waals surface area contributed by atoms with Gasteiger partial charge in [-0.1, -0.05) is 61.1 Å². The summed E-state index contributed by atoms with van der Waals surface area (Å²) in [6.45, 7) is 0. The van der Waals surface area contributed by atoms with Crippen molar-refractivity contribution in [2.75, 3.05) is 7.11 Å². The second kappa shape index (κ2) is 11.4. The van der Waals surface area contributed by atoms with Gasteiger partial charge >= 0.3 is 11.9 Å². The number of fused-ring (bicyclic) bond motifs is 1. The fourth-order valence-corrected chi connectivity index (χ4v) is 4.02. The normalized spacial score (nSPS) is 27.9. The summed E-state index contributed by atoms with van der Waals surface area (Å²) in [5.74, 6) is 1.02. The molecule has 0 heterocycles. The van der Waals surface area contributed by atoms with Crippen LogP contribution in [0.15, 0.2) is 60.8 Å². The lowest BCUT2D eigenvalue weighted by Gasteiger charge is -2.33. The van der Waals surface area contributed by atoms with Gasteiger partial charge < -0.3 is 9.84 Å². The Bertz CT molecular complexity index is 639. The van der Waals surface area contributed by atoms with Crippen molar-refractivity contribution in [2.45, 2.75) is 38.5 Å². The third-order valence-corrected chi connectivity index (χ3v) is 5.36. The minimum atomic E-state index is -0.742. The molecule has 1 fully saturated rings. The molecule has 0 saturated heterocycles. The lowest BCUT2D eigenvalue weighted by Crippen LogP contribution is -2.26. The van der Waals surface area contributed by atoms with Crippen LogP contribution in [0.25, 0.3) is 0 Å². The van der Waals surface area contributed by atoms with Crippen molar-refractivity contribution < 1.29 is 19.4 Å². The molecule has 0 bridgehead atoms. The van der Waals surface area contributed by atoms with Gasteiger partial charge in [0, 0.05) is 18.4 Å². The summed E-state index contributed by atoms with van der Waals surface area (Å²) in [6.07, 6.45) is 25.8. The van der Waals surface area contributed by atoms with E-state index in [4.69, 9.17) is 5.11 Å². The number of carboxylic acid groups (broad SMARTS) is 1. The maximum Gasteiger partial charge on any atom is 0.330 e. The summed E-state index contributed by atoms with van der Waals surface area (Å²) in [5, 5.41) is 8.64. The van der Waals surface area contributed by atoms with Gasteiger partial charge in [0.2, 0.25) is 0 Å². The number of carbonyl (C=O) groups excluding carboxylic acids is 1. The van der Waals surface area contributed by atoms with Crippen molar-refractivity contribution in [3.63, 3.8) is 0 Å². The van der Waals surface area contributed by atoms with Gasteiger partial charge in [0.05, 0.1) is 7.11 Å². The SMILES string of the molecule is COC(=O)/C=C/C=C\[C@@H]1[C@@H]2CCC[C@H]2C=C[C@H]1/C=C/C=C/CCCC(=O)O. The van der Waals surface area contributed by atoms with Gasteiger partial charge in [0.25, 0.3) is 0 Å². The molecule has 2 aliphatic carbocycles. The molecule has 0 aliphatic heterocycles. The molecule has 0 aromatic carbocycles. The van der Waals surface area contributed by atoms with Crippen molar-refractivity contribution in [1.29, 1.82) is 0 Å². The molecule has 27 heavy (non-hydrogen) atoms. The third kappa shape index (κ3) is 7.05. The van der Waals surface area contributed by atoms with E-state index in [1.807, 2.05) is 18.2 Å². The van der Waals surface area contributed by atoms with Gasteiger partial charge in [-0.2, -0.15) is 0 Å². The summed E-state index contributed by atoms with van der Waals surface area (Å²) < 4.78 is 4.62. The predicted molar refractivity (Wildman–Crippen MR) is 107 cm³/mol. The summed E-state index contributed by atoms with van der Waals surface area (Å²) in [6, 6.07) is 0. The molecule has 146 valence electrons. The van der Waals surface area contributed by atoms with Crippen LogP contribution in [0.4, 0.5) is 0 Å². The minimum absolute atomic E-state index is 0.217. The van der Waals surface area contributed by atoms with E-state index in [0.717, 1.165) is 6.42 Å². The third-order valence-electron chi connectivity index (χ3n) is 5.36. The van der Waals surface area contributed by atoms with Crippen LogP contribution < -0.4 is 0 Å². The van der Waals surface area contributed by atoms with Gasteiger partial charge in [-0.3, -0.25) is 4.79 Å². The van der Waals surface area contributed by atoms with Crippen LogP contribution in [-0.2, 0) is 14.3 Å². The lowest BCUT2D eigenvalue weighted by atomic mass is 9.71. The number of carboxylic acids is 1. The monoisotopic (exact) mass is 370 g/mol. The minimum Gasteiger partial charge on any atom is -0.481 e. The van der Waals surface area contributed by atoms with E-state index in [9.17, 15) is 9.59 Å². The maximum absolute atomic E-state index is 11.2. The molecule has 1 N–H and O–H groups in total. The predicted octanol–water partition coefficient (Wildman–Crippen LogP) is 4.86. The Hall–Kier alpha value is -2.36. The number of hydrogen-bond donors (Lipinski definition) is 1. The topological polar surface area (TPSA) is 63.6 Å². The summed E-state index contributed by atoms with van der Waals surface area (Å²) in [4.78, 5) is 21.7. The Morgan fingerprint density at radius 2 is 1.93 bits per heavy atom. The van der Waals surface area contributed by atoms with Gasteiger partial charge in [-0.05, 0) is 43.4 Å². The van der Waals surface area contributed by atoms with E-state index >= 15 is 0 Å². The first-order valence-electron chi connectivity index (χ1n) is 9.78. The Kier molecular flexibility index (Phi) is 8.82. The number of allylic oxidation sites excluding steroid dienone is 9. The van der Waals surface area contributed by atoms with E-state index in [2.05, 4.69) is 35.1 Å². The molecule has 4 nitrogen and oxygen atoms in total. The van der Waals surface area contributed by atoms with Crippen LogP contribution >= 0.6 is 0 Å². The molecular weight excluding hydrogens is 340 g/mol. The van der Waals surface area contributed by atoms with E-state index in [0.29, 0.717) is 30.1 Å². The first-order chi connectivity index (χ1) is 13.1. The molecule has 0 amide bonds. The maximum atomic E-state index is 11.2. The van der Waals surface area contributed by atoms with Gasteiger partial charge in [-0.25, -0.2) is 4.79 Å². The fraction of sp³-hybridized carbons (Fsp3) is 0.478. The standard InChI is InChI=1S/C23H30O4/c1-27-23(26)15-8-7-12-20-18(16-17-19-11-9-13-21(19)20)10-5-3-2-4-6-14-22(24)25/h2-3,5,7-8,10,12,15-21H,4,6,9,11,13-14H2,1H3,(H,24,25)/b3-2+,10-5+,12-7-,15-8+/t18-,19+,20+,21-/m1/s1. The summed E-state index contributed by atoms with van der Waals surface area (Å²) >= 11 is 0. The molecular formula is C23H30O4. The van der Waals surface area contributed by atoms with Gasteiger partial charge in [-0.15, -0.1) is 0 Å². The summed E-state index contributed by atoms with van der Waals surface area (Å²) in [5.41, 5.74) is 0. The summed E-state index contributed by atoms with van der Waals surface area (Å²) in [7, 11) is 1.38. The zero-order valence-electron chi connectivity index (χ0n) is 16.0. The van der Waals surface area contributed by atoms with Crippen molar-refractivity contribution in [2.24, 2.45) is 23.7 Å². The molecule has 0 aromatic heterocycles. The molecule has 0 aromatic rings. The van der Waals surface area contributed by atoms with Crippen molar-refractivity contribution in [1.82, 2.24) is 0 Å². The van der Waals surface area contributed by atoms with Crippen molar-refractivity contribution in [3.8, 4) is 0 Å². The lowest BCUT2D eigenvalue weighted by molar-refractivity contribution is -0.137. The Labute approximate surface area is 162 Å². The molecule has 0 spiro atoms. The van der Waals surface area contributed by atoms with Gasteiger partial charge in [0.1, 0.15) is 0 Å². The average Bonchev–Trinajstić information content (AvgIpc) is 3.13. The fourth-order valence-electron chi connectivity index (χ4n) is 4.02. The Morgan fingerprint density at radius 3 is 2.70 bits per heavy atom. The van der Waals surface area contributed by atoms with Crippen LogP contribution in [0.2, 0.25) is 0 Å². The quantitative estimate of drug-likeness (QED) is 0.207. The van der Waals surface area contributed by atoms with E-state index in [1.165, 1.54) is 32.4 Å². The van der Waals surface area contributed by atoms with Gasteiger partial charge in [0.15, 0.2) is 0 Å². The van der Waals surface area contributed by atoms with Crippen molar-refractivity contribution in [3.05, 3.63) is 60.8 Å². The molecule has 2 rings (SSSR count). The molecule has 0 radical (unpaired) electrons. The number of aliphatic carboxylic acids is 1. The van der Waals surface area contributed by atoms with Crippen LogP contribution in [0.1, 0.15) is 38.5 Å². The van der Waals surface area contributed by atoms with Crippen molar-refractivity contribution >= 4 is 11.9 Å².